The van der Waals surface area contributed by atoms with E-state index in [1.165, 1.54) is 13.3 Å². The largest absolute Gasteiger partial charge is 0.467 e. The Kier molecular flexibility index (Phi) is 5.89. The highest BCUT2D eigenvalue weighted by Crippen LogP contribution is 2.06. The number of carbonyl (C=O) groups is 2. The first-order valence-electron chi connectivity index (χ1n) is 6.50. The molecule has 0 saturated carbocycles. The minimum Gasteiger partial charge on any atom is -0.467 e. The fourth-order valence-corrected chi connectivity index (χ4v) is 1.79. The Morgan fingerprint density at radius 2 is 2.05 bits per heavy atom. The molecule has 0 saturated heterocycles. The van der Waals surface area contributed by atoms with Crippen molar-refractivity contribution in [3.05, 3.63) is 33.1 Å². The van der Waals surface area contributed by atoms with Crippen molar-refractivity contribution in [2.75, 3.05) is 7.11 Å². The molecule has 1 unspecified atom stereocenters. The lowest BCUT2D eigenvalue weighted by Gasteiger charge is -2.18. The van der Waals surface area contributed by atoms with Crippen LogP contribution in [-0.2, 0) is 20.9 Å². The number of hydrogen-bond acceptors (Lipinski definition) is 5. The van der Waals surface area contributed by atoms with Crippen molar-refractivity contribution < 1.29 is 14.3 Å². The molecule has 0 spiro atoms. The molecule has 116 valence electrons. The molecule has 0 fully saturated rings. The van der Waals surface area contributed by atoms with Crippen LogP contribution < -0.4 is 16.6 Å². The number of methoxy groups -OCH3 is 1. The lowest BCUT2D eigenvalue weighted by molar-refractivity contribution is -0.145. The van der Waals surface area contributed by atoms with Crippen molar-refractivity contribution in [3.63, 3.8) is 0 Å². The number of rotatable bonds is 6. The molecule has 1 atom stereocenters. The standard InChI is InChI=1S/C13H19N3O5/c1-8(2)6-9(12(19)21-3)14-11(18)7-16-5-4-10(17)15-13(16)20/h4-5,8-9H,6-7H2,1-3H3,(H,14,18)(H,15,17,20). The van der Waals surface area contributed by atoms with Crippen LogP contribution in [0.15, 0.2) is 21.9 Å². The van der Waals surface area contributed by atoms with Gasteiger partial charge in [0.05, 0.1) is 7.11 Å². The molecule has 8 nitrogen and oxygen atoms in total. The zero-order valence-electron chi connectivity index (χ0n) is 12.2. The van der Waals surface area contributed by atoms with Gasteiger partial charge in [0.1, 0.15) is 12.6 Å². The molecule has 0 bridgehead atoms. The van der Waals surface area contributed by atoms with Crippen LogP contribution in [-0.4, -0.2) is 34.6 Å². The van der Waals surface area contributed by atoms with Gasteiger partial charge in [0.15, 0.2) is 0 Å². The maximum absolute atomic E-state index is 11.9. The highest BCUT2D eigenvalue weighted by molar-refractivity contribution is 5.84. The zero-order valence-corrected chi connectivity index (χ0v) is 12.2. The lowest BCUT2D eigenvalue weighted by atomic mass is 10.0. The van der Waals surface area contributed by atoms with Crippen LogP contribution in [0.1, 0.15) is 20.3 Å². The van der Waals surface area contributed by atoms with E-state index in [1.807, 2.05) is 18.8 Å². The third-order valence-electron chi connectivity index (χ3n) is 2.74. The summed E-state index contributed by atoms with van der Waals surface area (Å²) >= 11 is 0. The first-order chi connectivity index (χ1) is 9.83. The summed E-state index contributed by atoms with van der Waals surface area (Å²) in [4.78, 5) is 47.9. The molecule has 0 aliphatic rings. The highest BCUT2D eigenvalue weighted by Gasteiger charge is 2.22. The summed E-state index contributed by atoms with van der Waals surface area (Å²) in [5.74, 6) is -0.865. The third-order valence-corrected chi connectivity index (χ3v) is 2.74. The van der Waals surface area contributed by atoms with Gasteiger partial charge in [-0.2, -0.15) is 0 Å². The SMILES string of the molecule is COC(=O)C(CC(C)C)NC(=O)Cn1ccc(=O)[nH]c1=O. The Labute approximate surface area is 121 Å². The zero-order chi connectivity index (χ0) is 16.0. The van der Waals surface area contributed by atoms with Crippen LogP contribution in [0.4, 0.5) is 0 Å². The van der Waals surface area contributed by atoms with Gasteiger partial charge in [-0.3, -0.25) is 19.1 Å². The topological polar surface area (TPSA) is 110 Å². The molecule has 1 aromatic heterocycles. The fourth-order valence-electron chi connectivity index (χ4n) is 1.79. The minimum absolute atomic E-state index is 0.185. The number of esters is 1. The number of nitrogens with zero attached hydrogens (tertiary/aromatic N) is 1. The Morgan fingerprint density at radius 3 is 2.57 bits per heavy atom. The minimum atomic E-state index is -0.763. The van der Waals surface area contributed by atoms with Crippen LogP contribution in [0.3, 0.4) is 0 Å². The van der Waals surface area contributed by atoms with Crippen LogP contribution in [0.25, 0.3) is 0 Å². The predicted molar refractivity (Wildman–Crippen MR) is 74.7 cm³/mol. The first kappa shape index (κ1) is 16.7. The maximum atomic E-state index is 11.9. The second-order valence-electron chi connectivity index (χ2n) is 5.01. The molecular weight excluding hydrogens is 278 g/mol. The van der Waals surface area contributed by atoms with Crippen molar-refractivity contribution in [1.29, 1.82) is 0 Å². The number of H-pyrrole nitrogens is 1. The second kappa shape index (κ2) is 7.41. The number of hydrogen-bond donors (Lipinski definition) is 2. The van der Waals surface area contributed by atoms with E-state index in [-0.39, 0.29) is 12.5 Å². The van der Waals surface area contributed by atoms with Gasteiger partial charge in [0.2, 0.25) is 5.91 Å². The van der Waals surface area contributed by atoms with Crippen LogP contribution in [0.2, 0.25) is 0 Å². The number of nitrogens with one attached hydrogen (secondary N) is 2. The third kappa shape index (κ3) is 5.25. The summed E-state index contributed by atoms with van der Waals surface area (Å²) < 4.78 is 5.68. The Bertz CT molecular complexity index is 617. The van der Waals surface area contributed by atoms with Crippen molar-refractivity contribution in [2.45, 2.75) is 32.9 Å². The van der Waals surface area contributed by atoms with Gasteiger partial charge in [0.25, 0.3) is 5.56 Å². The van der Waals surface area contributed by atoms with E-state index in [4.69, 9.17) is 0 Å². The quantitative estimate of drug-likeness (QED) is 0.671. The molecule has 0 aliphatic carbocycles. The molecule has 1 amide bonds. The van der Waals surface area contributed by atoms with Gasteiger partial charge < -0.3 is 10.1 Å². The summed E-state index contributed by atoms with van der Waals surface area (Å²) in [5.41, 5.74) is -1.22. The first-order valence-corrected chi connectivity index (χ1v) is 6.50. The Balaban J connectivity index is 2.75. The summed E-state index contributed by atoms with van der Waals surface area (Å²) in [5, 5.41) is 2.52. The average Bonchev–Trinajstić information content (AvgIpc) is 2.39. The monoisotopic (exact) mass is 297 g/mol. The predicted octanol–water partition coefficient (Wildman–Crippen LogP) is -0.759. The van der Waals surface area contributed by atoms with E-state index in [0.29, 0.717) is 6.42 Å². The van der Waals surface area contributed by atoms with Gasteiger partial charge in [0, 0.05) is 12.3 Å². The second-order valence-corrected chi connectivity index (χ2v) is 5.01. The number of carbonyl (C=O) groups excluding carboxylic acids is 2. The summed E-state index contributed by atoms with van der Waals surface area (Å²) in [7, 11) is 1.24. The van der Waals surface area contributed by atoms with E-state index in [9.17, 15) is 19.2 Å². The van der Waals surface area contributed by atoms with Gasteiger partial charge in [-0.05, 0) is 12.3 Å². The normalized spacial score (nSPS) is 12.0. The molecule has 0 aliphatic heterocycles. The summed E-state index contributed by atoms with van der Waals surface area (Å²) in [6.07, 6.45) is 1.65. The van der Waals surface area contributed by atoms with E-state index in [0.717, 1.165) is 10.6 Å². The number of ether oxygens (including phenoxy) is 1. The van der Waals surface area contributed by atoms with Crippen molar-refractivity contribution in [2.24, 2.45) is 5.92 Å². The fraction of sp³-hybridized carbons (Fsp3) is 0.538. The molecule has 0 radical (unpaired) electrons. The van der Waals surface area contributed by atoms with Crippen LogP contribution >= 0.6 is 0 Å². The summed E-state index contributed by atoms with van der Waals surface area (Å²) in [6, 6.07) is 0.376. The van der Waals surface area contributed by atoms with Gasteiger partial charge >= 0.3 is 11.7 Å². The Hall–Kier alpha value is -2.38. The molecule has 21 heavy (non-hydrogen) atoms. The highest BCUT2D eigenvalue weighted by atomic mass is 16.5. The molecule has 2 N–H and O–H groups in total. The van der Waals surface area contributed by atoms with Gasteiger partial charge in [-0.1, -0.05) is 13.8 Å². The number of aromatic nitrogens is 2. The van der Waals surface area contributed by atoms with Crippen molar-refractivity contribution >= 4 is 11.9 Å². The van der Waals surface area contributed by atoms with Crippen molar-refractivity contribution in [1.82, 2.24) is 14.9 Å². The molecule has 1 heterocycles. The molecule has 1 aromatic rings. The maximum Gasteiger partial charge on any atom is 0.328 e. The van der Waals surface area contributed by atoms with E-state index >= 15 is 0 Å². The molecule has 1 rings (SSSR count). The van der Waals surface area contributed by atoms with Crippen LogP contribution in [0, 0.1) is 5.92 Å². The van der Waals surface area contributed by atoms with Gasteiger partial charge in [-0.25, -0.2) is 9.59 Å². The molecule has 0 aromatic carbocycles. The smallest absolute Gasteiger partial charge is 0.328 e. The van der Waals surface area contributed by atoms with E-state index in [2.05, 4.69) is 10.1 Å². The lowest BCUT2D eigenvalue weighted by Crippen LogP contribution is -2.45. The number of aromatic amines is 1. The Morgan fingerprint density at radius 1 is 1.38 bits per heavy atom. The van der Waals surface area contributed by atoms with Crippen molar-refractivity contribution in [3.8, 4) is 0 Å². The molecule has 8 heteroatoms. The number of amides is 1. The van der Waals surface area contributed by atoms with Crippen LogP contribution in [0.5, 0.6) is 0 Å². The van der Waals surface area contributed by atoms with E-state index < -0.39 is 29.2 Å². The van der Waals surface area contributed by atoms with Gasteiger partial charge in [-0.15, -0.1) is 0 Å². The molecular formula is C13H19N3O5. The summed E-state index contributed by atoms with van der Waals surface area (Å²) in [6.45, 7) is 3.53. The van der Waals surface area contributed by atoms with E-state index in [1.54, 1.807) is 0 Å². The average molecular weight is 297 g/mol.